The average Bonchev–Trinajstić information content (AvgIpc) is 2.41. The Morgan fingerprint density at radius 1 is 1.35 bits per heavy atom. The predicted molar refractivity (Wildman–Crippen MR) is 73.7 cm³/mol. The Balaban J connectivity index is 2.13. The maximum absolute atomic E-state index is 12.4. The number of benzene rings is 1. The lowest BCUT2D eigenvalue weighted by Crippen LogP contribution is -2.46. The van der Waals surface area contributed by atoms with E-state index in [4.69, 9.17) is 5.11 Å². The number of phenols is 1. The molecule has 1 heterocycles. The minimum atomic E-state index is -0.795. The molecule has 0 spiro atoms. The number of nitrogens with zero attached hydrogens (tertiary/aromatic N) is 1. The number of likely N-dealkylation sites (tertiary alicyclic amines) is 1. The van der Waals surface area contributed by atoms with E-state index in [2.05, 4.69) is 0 Å². The summed E-state index contributed by atoms with van der Waals surface area (Å²) in [6.45, 7) is 4.07. The SMILES string of the molecule is Cc1ccc(C(=O)N2CCC(C(=O)O)CC2C)cc1O. The Morgan fingerprint density at radius 3 is 2.60 bits per heavy atom. The Labute approximate surface area is 117 Å². The van der Waals surface area contributed by atoms with Crippen LogP contribution in [0.25, 0.3) is 0 Å². The van der Waals surface area contributed by atoms with Gasteiger partial charge in [-0.1, -0.05) is 6.07 Å². The number of carboxylic acid groups (broad SMARTS) is 1. The summed E-state index contributed by atoms with van der Waals surface area (Å²) in [5.41, 5.74) is 1.16. The van der Waals surface area contributed by atoms with E-state index in [1.807, 2.05) is 6.92 Å². The Morgan fingerprint density at radius 2 is 2.05 bits per heavy atom. The molecule has 0 saturated carbocycles. The van der Waals surface area contributed by atoms with Crippen LogP contribution in [0.5, 0.6) is 5.75 Å². The number of aryl methyl sites for hydroxylation is 1. The molecular weight excluding hydrogens is 258 g/mol. The zero-order chi connectivity index (χ0) is 14.9. The second kappa shape index (κ2) is 5.53. The molecule has 1 aromatic rings. The van der Waals surface area contributed by atoms with Gasteiger partial charge in [0.15, 0.2) is 0 Å². The number of hydrogen-bond acceptors (Lipinski definition) is 3. The summed E-state index contributed by atoms with van der Waals surface area (Å²) in [6, 6.07) is 4.75. The fourth-order valence-electron chi connectivity index (χ4n) is 2.61. The highest BCUT2D eigenvalue weighted by Crippen LogP contribution is 2.26. The van der Waals surface area contributed by atoms with Gasteiger partial charge in [0.2, 0.25) is 0 Å². The Kier molecular flexibility index (Phi) is 3.97. The summed E-state index contributed by atoms with van der Waals surface area (Å²) in [7, 11) is 0. The molecule has 2 atom stereocenters. The lowest BCUT2D eigenvalue weighted by atomic mass is 9.91. The van der Waals surface area contributed by atoms with Crippen molar-refractivity contribution in [2.45, 2.75) is 32.7 Å². The van der Waals surface area contributed by atoms with Crippen molar-refractivity contribution in [1.29, 1.82) is 0 Å². The van der Waals surface area contributed by atoms with Crippen molar-refractivity contribution in [2.75, 3.05) is 6.54 Å². The number of rotatable bonds is 2. The molecule has 1 amide bonds. The highest BCUT2D eigenvalue weighted by Gasteiger charge is 2.32. The molecule has 2 N–H and O–H groups in total. The number of piperidine rings is 1. The van der Waals surface area contributed by atoms with Crippen LogP contribution in [0, 0.1) is 12.8 Å². The molecule has 0 aliphatic carbocycles. The summed E-state index contributed by atoms with van der Waals surface area (Å²) in [4.78, 5) is 25.1. The topological polar surface area (TPSA) is 77.8 Å². The normalized spacial score (nSPS) is 22.6. The van der Waals surface area contributed by atoms with E-state index in [1.54, 1.807) is 24.0 Å². The number of hydrogen-bond donors (Lipinski definition) is 2. The smallest absolute Gasteiger partial charge is 0.306 e. The van der Waals surface area contributed by atoms with Crippen molar-refractivity contribution in [3.05, 3.63) is 29.3 Å². The molecule has 1 fully saturated rings. The van der Waals surface area contributed by atoms with Crippen molar-refractivity contribution >= 4 is 11.9 Å². The molecule has 1 aromatic carbocycles. The molecule has 108 valence electrons. The van der Waals surface area contributed by atoms with Gasteiger partial charge in [0, 0.05) is 18.2 Å². The number of amides is 1. The molecule has 0 radical (unpaired) electrons. The van der Waals surface area contributed by atoms with E-state index < -0.39 is 5.97 Å². The zero-order valence-corrected chi connectivity index (χ0v) is 11.7. The van der Waals surface area contributed by atoms with E-state index in [0.29, 0.717) is 24.9 Å². The van der Waals surface area contributed by atoms with E-state index >= 15 is 0 Å². The standard InChI is InChI=1S/C15H19NO4/c1-9-3-4-11(8-13(9)17)14(18)16-6-5-12(15(19)20)7-10(16)2/h3-4,8,10,12,17H,5-7H2,1-2H3,(H,19,20). The van der Waals surface area contributed by atoms with Crippen molar-refractivity contribution in [2.24, 2.45) is 5.92 Å². The van der Waals surface area contributed by atoms with Crippen molar-refractivity contribution in [3.63, 3.8) is 0 Å². The van der Waals surface area contributed by atoms with E-state index in [-0.39, 0.29) is 23.6 Å². The second-order valence-corrected chi connectivity index (χ2v) is 5.41. The van der Waals surface area contributed by atoms with Gasteiger partial charge in [0.1, 0.15) is 5.75 Å². The minimum Gasteiger partial charge on any atom is -0.508 e. The zero-order valence-electron chi connectivity index (χ0n) is 11.7. The third-order valence-electron chi connectivity index (χ3n) is 3.94. The number of aromatic hydroxyl groups is 1. The van der Waals surface area contributed by atoms with Gasteiger partial charge in [-0.2, -0.15) is 0 Å². The highest BCUT2D eigenvalue weighted by atomic mass is 16.4. The lowest BCUT2D eigenvalue weighted by molar-refractivity contribution is -0.143. The van der Waals surface area contributed by atoms with E-state index in [0.717, 1.165) is 5.56 Å². The molecule has 5 heteroatoms. The first kappa shape index (κ1) is 14.4. The van der Waals surface area contributed by atoms with Crippen LogP contribution in [0.15, 0.2) is 18.2 Å². The quantitative estimate of drug-likeness (QED) is 0.867. The third-order valence-corrected chi connectivity index (χ3v) is 3.94. The van der Waals surface area contributed by atoms with E-state index in [1.165, 1.54) is 6.07 Å². The third kappa shape index (κ3) is 2.76. The Bertz CT molecular complexity index is 541. The van der Waals surface area contributed by atoms with Crippen LogP contribution in [0.2, 0.25) is 0 Å². The average molecular weight is 277 g/mol. The van der Waals surface area contributed by atoms with Crippen LogP contribution >= 0.6 is 0 Å². The summed E-state index contributed by atoms with van der Waals surface area (Å²) in [5.74, 6) is -1.22. The van der Waals surface area contributed by atoms with Gasteiger partial charge in [0.25, 0.3) is 5.91 Å². The van der Waals surface area contributed by atoms with Crippen molar-refractivity contribution in [3.8, 4) is 5.75 Å². The lowest BCUT2D eigenvalue weighted by Gasteiger charge is -2.36. The highest BCUT2D eigenvalue weighted by molar-refractivity contribution is 5.95. The van der Waals surface area contributed by atoms with Crippen LogP contribution < -0.4 is 0 Å². The number of phenolic OH excluding ortho intramolecular Hbond substituents is 1. The van der Waals surface area contributed by atoms with Crippen LogP contribution in [-0.4, -0.2) is 39.6 Å². The van der Waals surface area contributed by atoms with Crippen LogP contribution in [0.4, 0.5) is 0 Å². The van der Waals surface area contributed by atoms with Gasteiger partial charge in [-0.3, -0.25) is 9.59 Å². The second-order valence-electron chi connectivity index (χ2n) is 5.41. The van der Waals surface area contributed by atoms with Gasteiger partial charge in [0.05, 0.1) is 5.92 Å². The number of carbonyl (C=O) groups excluding carboxylic acids is 1. The molecule has 0 bridgehead atoms. The molecule has 1 aliphatic rings. The number of aliphatic carboxylic acids is 1. The molecule has 5 nitrogen and oxygen atoms in total. The minimum absolute atomic E-state index is 0.101. The predicted octanol–water partition coefficient (Wildman–Crippen LogP) is 2.03. The van der Waals surface area contributed by atoms with Gasteiger partial charge in [-0.15, -0.1) is 0 Å². The van der Waals surface area contributed by atoms with Crippen LogP contribution in [-0.2, 0) is 4.79 Å². The van der Waals surface area contributed by atoms with Gasteiger partial charge < -0.3 is 15.1 Å². The largest absolute Gasteiger partial charge is 0.508 e. The molecule has 0 aromatic heterocycles. The number of carbonyl (C=O) groups is 2. The molecule has 20 heavy (non-hydrogen) atoms. The molecular formula is C15H19NO4. The van der Waals surface area contributed by atoms with Crippen molar-refractivity contribution in [1.82, 2.24) is 4.90 Å². The maximum atomic E-state index is 12.4. The van der Waals surface area contributed by atoms with Crippen LogP contribution in [0.3, 0.4) is 0 Å². The summed E-state index contributed by atoms with van der Waals surface area (Å²) < 4.78 is 0. The number of carboxylic acids is 1. The molecule has 2 unspecified atom stereocenters. The summed E-state index contributed by atoms with van der Waals surface area (Å²) in [5, 5.41) is 18.7. The fraction of sp³-hybridized carbons (Fsp3) is 0.467. The first-order valence-electron chi connectivity index (χ1n) is 6.73. The van der Waals surface area contributed by atoms with Crippen molar-refractivity contribution < 1.29 is 19.8 Å². The maximum Gasteiger partial charge on any atom is 0.306 e. The summed E-state index contributed by atoms with van der Waals surface area (Å²) in [6.07, 6.45) is 0.947. The van der Waals surface area contributed by atoms with Gasteiger partial charge in [-0.25, -0.2) is 0 Å². The molecule has 1 aliphatic heterocycles. The Hall–Kier alpha value is -2.04. The summed E-state index contributed by atoms with van der Waals surface area (Å²) >= 11 is 0. The van der Waals surface area contributed by atoms with Crippen LogP contribution in [0.1, 0.15) is 35.7 Å². The first-order chi connectivity index (χ1) is 9.40. The molecule has 2 rings (SSSR count). The molecule has 1 saturated heterocycles. The fourth-order valence-corrected chi connectivity index (χ4v) is 2.61. The van der Waals surface area contributed by atoms with Gasteiger partial charge >= 0.3 is 5.97 Å². The van der Waals surface area contributed by atoms with Gasteiger partial charge in [-0.05, 0) is 44.4 Å². The first-order valence-corrected chi connectivity index (χ1v) is 6.73. The van der Waals surface area contributed by atoms with E-state index in [9.17, 15) is 14.7 Å². The monoisotopic (exact) mass is 277 g/mol.